The number of methoxy groups -OCH3 is 1. The van der Waals surface area contributed by atoms with Gasteiger partial charge < -0.3 is 19.0 Å². The molecular weight excluding hydrogens is 420 g/mol. The summed E-state index contributed by atoms with van der Waals surface area (Å²) in [4.78, 5) is 12.2. The van der Waals surface area contributed by atoms with E-state index in [1.54, 1.807) is 39.2 Å². The quantitative estimate of drug-likeness (QED) is 0.256. The Morgan fingerprint density at radius 2 is 1.66 bits per heavy atom. The molecule has 0 amide bonds. The standard InChI is InChI=1S/C26H36O5Si/c1-18(2)23(27)16-24(28)22-14-13-21(15-25(22)31-32(7,8)26(3,4)5)30-17-19-9-11-20(29-6)12-10-19/h9-16,18,28H,17H2,1-8H3. The number of hydrogen-bond acceptors (Lipinski definition) is 5. The molecule has 32 heavy (non-hydrogen) atoms. The maximum atomic E-state index is 12.2. The van der Waals surface area contributed by atoms with E-state index in [1.165, 1.54) is 6.08 Å². The van der Waals surface area contributed by atoms with E-state index in [0.29, 0.717) is 23.7 Å². The van der Waals surface area contributed by atoms with Gasteiger partial charge in [-0.05, 0) is 48.0 Å². The normalized spacial score (nSPS) is 12.6. The van der Waals surface area contributed by atoms with Crippen molar-refractivity contribution in [3.63, 3.8) is 0 Å². The molecule has 0 unspecified atom stereocenters. The van der Waals surface area contributed by atoms with Gasteiger partial charge in [0.1, 0.15) is 29.6 Å². The Hall–Kier alpha value is -2.73. The maximum Gasteiger partial charge on any atom is 0.250 e. The molecule has 0 aliphatic carbocycles. The highest BCUT2D eigenvalue weighted by atomic mass is 28.4. The number of benzene rings is 2. The van der Waals surface area contributed by atoms with Gasteiger partial charge in [0, 0.05) is 18.1 Å². The van der Waals surface area contributed by atoms with E-state index >= 15 is 0 Å². The molecule has 174 valence electrons. The van der Waals surface area contributed by atoms with Crippen molar-refractivity contribution in [3.8, 4) is 17.2 Å². The largest absolute Gasteiger partial charge is 0.543 e. The topological polar surface area (TPSA) is 65.0 Å². The Balaban J connectivity index is 2.36. The molecule has 0 spiro atoms. The molecule has 0 atom stereocenters. The van der Waals surface area contributed by atoms with Crippen molar-refractivity contribution in [3.05, 3.63) is 59.7 Å². The molecule has 2 aromatic rings. The number of hydrogen-bond donors (Lipinski definition) is 1. The zero-order valence-corrected chi connectivity index (χ0v) is 21.5. The van der Waals surface area contributed by atoms with E-state index < -0.39 is 8.32 Å². The van der Waals surface area contributed by atoms with Crippen LogP contribution in [0.25, 0.3) is 5.76 Å². The zero-order chi connectivity index (χ0) is 24.1. The lowest BCUT2D eigenvalue weighted by Crippen LogP contribution is -2.44. The zero-order valence-electron chi connectivity index (χ0n) is 20.5. The molecule has 0 aliphatic rings. The van der Waals surface area contributed by atoms with Gasteiger partial charge >= 0.3 is 0 Å². The van der Waals surface area contributed by atoms with E-state index in [0.717, 1.165) is 11.3 Å². The monoisotopic (exact) mass is 456 g/mol. The molecule has 0 saturated carbocycles. The van der Waals surface area contributed by atoms with Gasteiger partial charge in [-0.1, -0.05) is 46.8 Å². The van der Waals surface area contributed by atoms with Crippen molar-refractivity contribution in [1.82, 2.24) is 0 Å². The first kappa shape index (κ1) is 25.5. The van der Waals surface area contributed by atoms with Crippen LogP contribution in [-0.4, -0.2) is 26.3 Å². The van der Waals surface area contributed by atoms with Crippen molar-refractivity contribution in [2.75, 3.05) is 7.11 Å². The van der Waals surface area contributed by atoms with Crippen LogP contribution in [0.15, 0.2) is 48.5 Å². The molecule has 6 heteroatoms. The van der Waals surface area contributed by atoms with Gasteiger partial charge in [-0.2, -0.15) is 0 Å². The number of ether oxygens (including phenoxy) is 2. The fraction of sp³-hybridized carbons (Fsp3) is 0.423. The van der Waals surface area contributed by atoms with Gasteiger partial charge in [0.05, 0.1) is 12.7 Å². The van der Waals surface area contributed by atoms with Crippen LogP contribution in [0.5, 0.6) is 17.2 Å². The summed E-state index contributed by atoms with van der Waals surface area (Å²) in [5.41, 5.74) is 1.49. The minimum Gasteiger partial charge on any atom is -0.543 e. The highest BCUT2D eigenvalue weighted by molar-refractivity contribution is 6.74. The Labute approximate surface area is 193 Å². The molecule has 0 radical (unpaired) electrons. The Morgan fingerprint density at radius 3 is 2.19 bits per heavy atom. The first-order valence-electron chi connectivity index (χ1n) is 10.9. The summed E-state index contributed by atoms with van der Waals surface area (Å²) in [5, 5.41) is 10.7. The van der Waals surface area contributed by atoms with Gasteiger partial charge in [0.2, 0.25) is 0 Å². The predicted octanol–water partition coefficient (Wildman–Crippen LogP) is 6.78. The van der Waals surface area contributed by atoms with E-state index in [9.17, 15) is 9.90 Å². The lowest BCUT2D eigenvalue weighted by atomic mass is 10.1. The van der Waals surface area contributed by atoms with Crippen LogP contribution in [0.4, 0.5) is 0 Å². The van der Waals surface area contributed by atoms with Crippen molar-refractivity contribution in [1.29, 1.82) is 0 Å². The first-order chi connectivity index (χ1) is 14.8. The van der Waals surface area contributed by atoms with Crippen molar-refractivity contribution in [2.45, 2.75) is 59.4 Å². The number of aliphatic hydroxyl groups excluding tert-OH is 1. The summed E-state index contributed by atoms with van der Waals surface area (Å²) in [7, 11) is -0.563. The summed E-state index contributed by atoms with van der Waals surface area (Å²) in [6.07, 6.45) is 1.27. The highest BCUT2D eigenvalue weighted by Gasteiger charge is 2.39. The molecule has 0 aliphatic heterocycles. The van der Waals surface area contributed by atoms with Gasteiger partial charge in [0.15, 0.2) is 5.78 Å². The number of rotatable bonds is 9. The average Bonchev–Trinajstić information content (AvgIpc) is 2.71. The third-order valence-corrected chi connectivity index (χ3v) is 10.2. The van der Waals surface area contributed by atoms with Gasteiger partial charge in [-0.15, -0.1) is 0 Å². The SMILES string of the molecule is COc1ccc(COc2ccc(C(O)=CC(=O)C(C)C)c(O[Si](C)(C)C(C)(C)C)c2)cc1. The van der Waals surface area contributed by atoms with Crippen LogP contribution in [0.1, 0.15) is 45.7 Å². The molecule has 0 heterocycles. The van der Waals surface area contributed by atoms with Crippen LogP contribution >= 0.6 is 0 Å². The lowest BCUT2D eigenvalue weighted by Gasteiger charge is -2.37. The van der Waals surface area contributed by atoms with Crippen LogP contribution in [-0.2, 0) is 11.4 Å². The molecule has 1 N–H and O–H groups in total. The molecule has 0 saturated heterocycles. The Bertz CT molecular complexity index is 953. The molecule has 0 aromatic heterocycles. The second kappa shape index (κ2) is 10.3. The minimum absolute atomic E-state index is 0.0304. The van der Waals surface area contributed by atoms with Crippen LogP contribution in [0.3, 0.4) is 0 Å². The predicted molar refractivity (Wildman–Crippen MR) is 132 cm³/mol. The van der Waals surface area contributed by atoms with Gasteiger partial charge in [-0.25, -0.2) is 0 Å². The number of ketones is 1. The average molecular weight is 457 g/mol. The Kier molecular flexibility index (Phi) is 8.18. The fourth-order valence-corrected chi connectivity index (χ4v) is 3.61. The third-order valence-electron chi connectivity index (χ3n) is 5.81. The third kappa shape index (κ3) is 6.63. The molecule has 2 aromatic carbocycles. The lowest BCUT2D eigenvalue weighted by molar-refractivity contribution is -0.117. The highest BCUT2D eigenvalue weighted by Crippen LogP contribution is 2.40. The van der Waals surface area contributed by atoms with Gasteiger partial charge in [0.25, 0.3) is 8.32 Å². The molecule has 5 nitrogen and oxygen atoms in total. The maximum absolute atomic E-state index is 12.2. The van der Waals surface area contributed by atoms with Crippen LogP contribution in [0, 0.1) is 5.92 Å². The Morgan fingerprint density at radius 1 is 1.06 bits per heavy atom. The minimum atomic E-state index is -2.20. The van der Waals surface area contributed by atoms with E-state index in [4.69, 9.17) is 13.9 Å². The number of allylic oxidation sites excluding steroid dienone is 1. The number of aliphatic hydroxyl groups is 1. The molecule has 2 rings (SSSR count). The second-order valence-electron chi connectivity index (χ2n) is 9.74. The summed E-state index contributed by atoms with van der Waals surface area (Å²) in [6.45, 7) is 14.7. The summed E-state index contributed by atoms with van der Waals surface area (Å²) < 4.78 is 17.7. The van der Waals surface area contributed by atoms with Crippen molar-refractivity contribution in [2.24, 2.45) is 5.92 Å². The summed E-state index contributed by atoms with van der Waals surface area (Å²) in [5.74, 6) is 1.51. The molecule has 0 fully saturated rings. The number of carbonyl (C=O) groups is 1. The molecular formula is C26H36O5Si. The van der Waals surface area contributed by atoms with Crippen LogP contribution in [0.2, 0.25) is 18.1 Å². The number of carbonyl (C=O) groups excluding carboxylic acids is 1. The second-order valence-corrected chi connectivity index (χ2v) is 14.5. The summed E-state index contributed by atoms with van der Waals surface area (Å²) in [6, 6.07) is 13.0. The van der Waals surface area contributed by atoms with Crippen molar-refractivity contribution < 1.29 is 23.8 Å². The fourth-order valence-electron chi connectivity index (χ4n) is 2.58. The van der Waals surface area contributed by atoms with E-state index in [-0.39, 0.29) is 22.5 Å². The first-order valence-corrected chi connectivity index (χ1v) is 13.8. The van der Waals surface area contributed by atoms with E-state index in [1.807, 2.05) is 24.3 Å². The van der Waals surface area contributed by atoms with Gasteiger partial charge in [-0.3, -0.25) is 4.79 Å². The van der Waals surface area contributed by atoms with E-state index in [2.05, 4.69) is 33.9 Å². The molecule has 0 bridgehead atoms. The van der Waals surface area contributed by atoms with Crippen LogP contribution < -0.4 is 13.9 Å². The smallest absolute Gasteiger partial charge is 0.250 e. The summed E-state index contributed by atoms with van der Waals surface area (Å²) >= 11 is 0. The van der Waals surface area contributed by atoms with Crippen molar-refractivity contribution >= 4 is 19.9 Å².